The zero-order chi connectivity index (χ0) is 14.3. The Kier molecular flexibility index (Phi) is 6.24. The second-order valence-corrected chi connectivity index (χ2v) is 4.68. The summed E-state index contributed by atoms with van der Waals surface area (Å²) in [6.45, 7) is 4.11. The number of rotatable bonds is 7. The predicted octanol–water partition coefficient (Wildman–Crippen LogP) is 2.44. The van der Waals surface area contributed by atoms with Crippen LogP contribution in [0.15, 0.2) is 24.4 Å². The van der Waals surface area contributed by atoms with Gasteiger partial charge in [-0.2, -0.15) is 13.2 Å². The first-order valence-electron chi connectivity index (χ1n) is 6.30. The summed E-state index contributed by atoms with van der Waals surface area (Å²) in [6.07, 6.45) is -2.45. The van der Waals surface area contributed by atoms with E-state index >= 15 is 0 Å². The molecule has 0 aliphatic heterocycles. The van der Waals surface area contributed by atoms with Crippen molar-refractivity contribution in [1.29, 1.82) is 0 Å². The molecule has 0 amide bonds. The molecule has 1 rings (SSSR count). The Bertz CT molecular complexity index is 352. The van der Waals surface area contributed by atoms with Gasteiger partial charge in [0.15, 0.2) is 0 Å². The Morgan fingerprint density at radius 1 is 1.32 bits per heavy atom. The second-order valence-electron chi connectivity index (χ2n) is 4.68. The fraction of sp³-hybridized carbons (Fsp3) is 0.615. The highest BCUT2D eigenvalue weighted by atomic mass is 19.4. The van der Waals surface area contributed by atoms with Gasteiger partial charge in [-0.3, -0.25) is 9.88 Å². The normalized spacial score (nSPS) is 12.4. The predicted molar refractivity (Wildman–Crippen MR) is 68.7 cm³/mol. The average molecular weight is 275 g/mol. The molecule has 0 fully saturated rings. The molecule has 0 aliphatic carbocycles. The zero-order valence-electron chi connectivity index (χ0n) is 11.2. The van der Waals surface area contributed by atoms with Crippen molar-refractivity contribution >= 4 is 0 Å². The van der Waals surface area contributed by atoms with Gasteiger partial charge < -0.3 is 5.32 Å². The van der Waals surface area contributed by atoms with Gasteiger partial charge in [-0.05, 0) is 26.0 Å². The van der Waals surface area contributed by atoms with Crippen LogP contribution >= 0.6 is 0 Å². The standard InChI is InChI=1S/C13H20F3N3/c1-11(2)19(10-13(14,15)16)8-7-17-9-12-5-3-4-6-18-12/h3-6,11,17H,7-10H2,1-2H3. The maximum absolute atomic E-state index is 12.4. The topological polar surface area (TPSA) is 28.2 Å². The summed E-state index contributed by atoms with van der Waals surface area (Å²) in [5, 5.41) is 3.10. The maximum atomic E-state index is 12.4. The lowest BCUT2D eigenvalue weighted by Crippen LogP contribution is -2.42. The number of halogens is 3. The van der Waals surface area contributed by atoms with Crippen LogP contribution in [0.2, 0.25) is 0 Å². The molecule has 1 aromatic heterocycles. The molecular formula is C13H20F3N3. The number of aromatic nitrogens is 1. The molecule has 0 saturated heterocycles. The summed E-state index contributed by atoms with van der Waals surface area (Å²) >= 11 is 0. The Labute approximate surface area is 111 Å². The SMILES string of the molecule is CC(C)N(CCNCc1ccccn1)CC(F)(F)F. The lowest BCUT2D eigenvalue weighted by molar-refractivity contribution is -0.149. The van der Waals surface area contributed by atoms with Crippen molar-refractivity contribution in [3.8, 4) is 0 Å². The monoisotopic (exact) mass is 275 g/mol. The van der Waals surface area contributed by atoms with Crippen LogP contribution in [-0.4, -0.2) is 41.7 Å². The van der Waals surface area contributed by atoms with Crippen LogP contribution in [0.5, 0.6) is 0 Å². The van der Waals surface area contributed by atoms with Crippen molar-refractivity contribution in [3.63, 3.8) is 0 Å². The van der Waals surface area contributed by atoms with E-state index in [0.29, 0.717) is 19.6 Å². The largest absolute Gasteiger partial charge is 0.401 e. The van der Waals surface area contributed by atoms with Crippen molar-refractivity contribution in [2.24, 2.45) is 0 Å². The lowest BCUT2D eigenvalue weighted by atomic mass is 10.3. The number of hydrogen-bond donors (Lipinski definition) is 1. The smallest absolute Gasteiger partial charge is 0.310 e. The first-order valence-corrected chi connectivity index (χ1v) is 6.30. The molecule has 1 aromatic rings. The van der Waals surface area contributed by atoms with E-state index in [1.54, 1.807) is 20.0 Å². The van der Waals surface area contributed by atoms with E-state index in [2.05, 4.69) is 10.3 Å². The average Bonchev–Trinajstić information content (AvgIpc) is 2.32. The highest BCUT2D eigenvalue weighted by Gasteiger charge is 2.31. The molecule has 1 heterocycles. The molecular weight excluding hydrogens is 255 g/mol. The van der Waals surface area contributed by atoms with Crippen molar-refractivity contribution in [2.75, 3.05) is 19.6 Å². The number of nitrogens with zero attached hydrogens (tertiary/aromatic N) is 2. The van der Waals surface area contributed by atoms with Gasteiger partial charge in [-0.25, -0.2) is 0 Å². The van der Waals surface area contributed by atoms with E-state index in [1.165, 1.54) is 4.90 Å². The van der Waals surface area contributed by atoms with Crippen LogP contribution in [0.1, 0.15) is 19.5 Å². The molecule has 3 nitrogen and oxygen atoms in total. The molecule has 0 unspecified atom stereocenters. The van der Waals surface area contributed by atoms with Crippen molar-refractivity contribution in [3.05, 3.63) is 30.1 Å². The molecule has 0 saturated carbocycles. The Hall–Kier alpha value is -1.14. The highest BCUT2D eigenvalue weighted by Crippen LogP contribution is 2.17. The number of hydrogen-bond acceptors (Lipinski definition) is 3. The first kappa shape index (κ1) is 15.9. The quantitative estimate of drug-likeness (QED) is 0.775. The minimum Gasteiger partial charge on any atom is -0.310 e. The molecule has 6 heteroatoms. The Balaban J connectivity index is 2.29. The molecule has 108 valence electrons. The summed E-state index contributed by atoms with van der Waals surface area (Å²) in [6, 6.07) is 5.46. The summed E-state index contributed by atoms with van der Waals surface area (Å²) in [5.41, 5.74) is 0.884. The van der Waals surface area contributed by atoms with E-state index < -0.39 is 12.7 Å². The Morgan fingerprint density at radius 3 is 2.58 bits per heavy atom. The van der Waals surface area contributed by atoms with Crippen molar-refractivity contribution in [2.45, 2.75) is 32.6 Å². The summed E-state index contributed by atoms with van der Waals surface area (Å²) < 4.78 is 37.1. The van der Waals surface area contributed by atoms with Crippen LogP contribution in [0.4, 0.5) is 13.2 Å². The van der Waals surface area contributed by atoms with E-state index in [-0.39, 0.29) is 6.04 Å². The molecule has 19 heavy (non-hydrogen) atoms. The van der Waals surface area contributed by atoms with Crippen LogP contribution in [0.25, 0.3) is 0 Å². The van der Waals surface area contributed by atoms with Gasteiger partial charge in [-0.15, -0.1) is 0 Å². The Morgan fingerprint density at radius 2 is 2.05 bits per heavy atom. The van der Waals surface area contributed by atoms with Gasteiger partial charge in [0.2, 0.25) is 0 Å². The third-order valence-corrected chi connectivity index (χ3v) is 2.72. The van der Waals surface area contributed by atoms with Gasteiger partial charge >= 0.3 is 6.18 Å². The molecule has 1 N–H and O–H groups in total. The van der Waals surface area contributed by atoms with E-state index in [9.17, 15) is 13.2 Å². The van der Waals surface area contributed by atoms with Crippen molar-refractivity contribution < 1.29 is 13.2 Å². The van der Waals surface area contributed by atoms with Gasteiger partial charge in [0.05, 0.1) is 12.2 Å². The zero-order valence-corrected chi connectivity index (χ0v) is 11.2. The van der Waals surface area contributed by atoms with Crippen molar-refractivity contribution in [1.82, 2.24) is 15.2 Å². The van der Waals surface area contributed by atoms with Crippen LogP contribution in [0.3, 0.4) is 0 Å². The maximum Gasteiger partial charge on any atom is 0.401 e. The third kappa shape index (κ3) is 7.12. The molecule has 0 spiro atoms. The third-order valence-electron chi connectivity index (χ3n) is 2.72. The van der Waals surface area contributed by atoms with Crippen LogP contribution in [-0.2, 0) is 6.54 Å². The van der Waals surface area contributed by atoms with Gasteiger partial charge in [0, 0.05) is 31.9 Å². The number of nitrogens with one attached hydrogen (secondary N) is 1. The molecule has 0 radical (unpaired) electrons. The van der Waals surface area contributed by atoms with E-state index in [0.717, 1.165) is 5.69 Å². The fourth-order valence-corrected chi connectivity index (χ4v) is 1.69. The van der Waals surface area contributed by atoms with Gasteiger partial charge in [0.1, 0.15) is 0 Å². The first-order chi connectivity index (χ1) is 8.88. The minimum absolute atomic E-state index is 0.127. The lowest BCUT2D eigenvalue weighted by Gasteiger charge is -2.27. The molecule has 0 bridgehead atoms. The molecule has 0 atom stereocenters. The molecule has 0 aromatic carbocycles. The number of alkyl halides is 3. The minimum atomic E-state index is -4.15. The summed E-state index contributed by atoms with van der Waals surface area (Å²) in [5.74, 6) is 0. The van der Waals surface area contributed by atoms with E-state index in [4.69, 9.17) is 0 Å². The van der Waals surface area contributed by atoms with E-state index in [1.807, 2.05) is 18.2 Å². The van der Waals surface area contributed by atoms with Crippen LogP contribution < -0.4 is 5.32 Å². The fourth-order valence-electron chi connectivity index (χ4n) is 1.69. The van der Waals surface area contributed by atoms with Crippen LogP contribution in [0, 0.1) is 0 Å². The van der Waals surface area contributed by atoms with Gasteiger partial charge in [0.25, 0.3) is 0 Å². The summed E-state index contributed by atoms with van der Waals surface area (Å²) in [4.78, 5) is 5.54. The second kappa shape index (κ2) is 7.45. The number of pyridine rings is 1. The summed E-state index contributed by atoms with van der Waals surface area (Å²) in [7, 11) is 0. The van der Waals surface area contributed by atoms with Gasteiger partial charge in [-0.1, -0.05) is 6.07 Å². The highest BCUT2D eigenvalue weighted by molar-refractivity contribution is 5.02. The molecule has 0 aliphatic rings.